The van der Waals surface area contributed by atoms with E-state index in [1.807, 2.05) is 24.3 Å². The monoisotopic (exact) mass is 320 g/mol. The molecule has 2 rings (SSSR count). The standard InChI is InChI=1S/C14H13BrN2O2/c1-19-14(18)10-3-2-4-12(7-10)17-9-13-6-5-11(15)8-16-13/h2-8,17H,9H2,1H3. The zero-order chi connectivity index (χ0) is 13.7. The van der Waals surface area contributed by atoms with Crippen LogP contribution in [0.5, 0.6) is 0 Å². The number of hydrogen-bond donors (Lipinski definition) is 1. The molecule has 98 valence electrons. The fourth-order valence-electron chi connectivity index (χ4n) is 1.58. The Labute approximate surface area is 119 Å². The van der Waals surface area contributed by atoms with Crippen LogP contribution in [-0.2, 0) is 11.3 Å². The Morgan fingerprint density at radius 1 is 1.37 bits per heavy atom. The molecule has 1 heterocycles. The molecule has 0 saturated carbocycles. The lowest BCUT2D eigenvalue weighted by atomic mass is 10.2. The van der Waals surface area contributed by atoms with Crippen molar-refractivity contribution in [2.45, 2.75) is 6.54 Å². The summed E-state index contributed by atoms with van der Waals surface area (Å²) < 4.78 is 5.63. The van der Waals surface area contributed by atoms with E-state index in [1.165, 1.54) is 7.11 Å². The number of nitrogens with one attached hydrogen (secondary N) is 1. The summed E-state index contributed by atoms with van der Waals surface area (Å²) in [5.74, 6) is -0.342. The summed E-state index contributed by atoms with van der Waals surface area (Å²) in [4.78, 5) is 15.7. The van der Waals surface area contributed by atoms with Gasteiger partial charge in [-0.05, 0) is 46.3 Å². The maximum Gasteiger partial charge on any atom is 0.337 e. The maximum absolute atomic E-state index is 11.4. The van der Waals surface area contributed by atoms with Gasteiger partial charge in [-0.3, -0.25) is 4.98 Å². The zero-order valence-electron chi connectivity index (χ0n) is 10.4. The van der Waals surface area contributed by atoms with Gasteiger partial charge in [0.05, 0.1) is 24.9 Å². The molecule has 0 bridgehead atoms. The first kappa shape index (κ1) is 13.5. The summed E-state index contributed by atoms with van der Waals surface area (Å²) in [5, 5.41) is 3.21. The van der Waals surface area contributed by atoms with Gasteiger partial charge in [0.25, 0.3) is 0 Å². The Hall–Kier alpha value is -1.88. The highest BCUT2D eigenvalue weighted by atomic mass is 79.9. The number of carbonyl (C=O) groups excluding carboxylic acids is 1. The highest BCUT2D eigenvalue weighted by Crippen LogP contribution is 2.13. The highest BCUT2D eigenvalue weighted by molar-refractivity contribution is 9.10. The average molecular weight is 321 g/mol. The van der Waals surface area contributed by atoms with Crippen LogP contribution in [0, 0.1) is 0 Å². The van der Waals surface area contributed by atoms with E-state index in [0.717, 1.165) is 15.9 Å². The van der Waals surface area contributed by atoms with Crippen molar-refractivity contribution in [3.63, 3.8) is 0 Å². The van der Waals surface area contributed by atoms with Crippen molar-refractivity contribution in [3.05, 3.63) is 58.3 Å². The summed E-state index contributed by atoms with van der Waals surface area (Å²) in [5.41, 5.74) is 2.30. The molecule has 19 heavy (non-hydrogen) atoms. The van der Waals surface area contributed by atoms with E-state index in [0.29, 0.717) is 12.1 Å². The van der Waals surface area contributed by atoms with Gasteiger partial charge in [-0.25, -0.2) is 4.79 Å². The number of anilines is 1. The molecule has 5 heteroatoms. The molecular weight excluding hydrogens is 308 g/mol. The number of benzene rings is 1. The lowest BCUT2D eigenvalue weighted by molar-refractivity contribution is 0.0601. The van der Waals surface area contributed by atoms with Crippen LogP contribution in [0.15, 0.2) is 47.1 Å². The van der Waals surface area contributed by atoms with Crippen LogP contribution < -0.4 is 5.32 Å². The van der Waals surface area contributed by atoms with Crippen LogP contribution in [0.4, 0.5) is 5.69 Å². The van der Waals surface area contributed by atoms with Crippen LogP contribution in [0.2, 0.25) is 0 Å². The second kappa shape index (κ2) is 6.33. The number of nitrogens with zero attached hydrogens (tertiary/aromatic N) is 1. The Morgan fingerprint density at radius 3 is 2.89 bits per heavy atom. The minimum absolute atomic E-state index is 0.342. The van der Waals surface area contributed by atoms with Crippen molar-refractivity contribution < 1.29 is 9.53 Å². The summed E-state index contributed by atoms with van der Waals surface area (Å²) >= 11 is 3.34. The maximum atomic E-state index is 11.4. The molecule has 0 spiro atoms. The summed E-state index contributed by atoms with van der Waals surface area (Å²) in [7, 11) is 1.37. The molecule has 1 aromatic heterocycles. The van der Waals surface area contributed by atoms with E-state index in [2.05, 4.69) is 31.0 Å². The molecule has 0 saturated heterocycles. The van der Waals surface area contributed by atoms with Gasteiger partial charge in [0.15, 0.2) is 0 Å². The Bertz CT molecular complexity index is 570. The quantitative estimate of drug-likeness (QED) is 0.879. The fraction of sp³-hybridized carbons (Fsp3) is 0.143. The molecule has 4 nitrogen and oxygen atoms in total. The van der Waals surface area contributed by atoms with Crippen LogP contribution in [0.25, 0.3) is 0 Å². The largest absolute Gasteiger partial charge is 0.465 e. The van der Waals surface area contributed by atoms with Gasteiger partial charge >= 0.3 is 5.97 Å². The normalized spacial score (nSPS) is 10.0. The van der Waals surface area contributed by atoms with Crippen LogP contribution in [-0.4, -0.2) is 18.1 Å². The van der Waals surface area contributed by atoms with E-state index in [-0.39, 0.29) is 5.97 Å². The van der Waals surface area contributed by atoms with E-state index in [4.69, 9.17) is 0 Å². The molecule has 0 fully saturated rings. The lowest BCUT2D eigenvalue weighted by Crippen LogP contribution is -2.04. The molecule has 0 unspecified atom stereocenters. The first-order chi connectivity index (χ1) is 9.19. The lowest BCUT2D eigenvalue weighted by Gasteiger charge is -2.07. The SMILES string of the molecule is COC(=O)c1cccc(NCc2ccc(Br)cn2)c1. The third kappa shape index (κ3) is 3.79. The van der Waals surface area contributed by atoms with Crippen molar-refractivity contribution in [1.82, 2.24) is 4.98 Å². The number of hydrogen-bond acceptors (Lipinski definition) is 4. The van der Waals surface area contributed by atoms with Crippen molar-refractivity contribution in [3.8, 4) is 0 Å². The predicted octanol–water partition coefficient (Wildman–Crippen LogP) is 3.24. The number of aromatic nitrogens is 1. The smallest absolute Gasteiger partial charge is 0.337 e. The van der Waals surface area contributed by atoms with E-state index >= 15 is 0 Å². The summed E-state index contributed by atoms with van der Waals surface area (Å²) in [6.07, 6.45) is 1.75. The summed E-state index contributed by atoms with van der Waals surface area (Å²) in [6.45, 7) is 0.595. The van der Waals surface area contributed by atoms with Gasteiger partial charge in [-0.1, -0.05) is 6.07 Å². The van der Waals surface area contributed by atoms with E-state index in [9.17, 15) is 4.79 Å². The van der Waals surface area contributed by atoms with Crippen LogP contribution in [0.1, 0.15) is 16.1 Å². The number of methoxy groups -OCH3 is 1. The third-order valence-corrected chi connectivity index (χ3v) is 3.02. The van der Waals surface area contributed by atoms with Crippen LogP contribution >= 0.6 is 15.9 Å². The highest BCUT2D eigenvalue weighted by Gasteiger charge is 2.05. The molecule has 0 aliphatic carbocycles. The topological polar surface area (TPSA) is 51.2 Å². The van der Waals surface area contributed by atoms with Gasteiger partial charge in [0, 0.05) is 16.4 Å². The Kier molecular flexibility index (Phi) is 4.52. The first-order valence-electron chi connectivity index (χ1n) is 5.72. The molecule has 1 aromatic carbocycles. The zero-order valence-corrected chi connectivity index (χ0v) is 12.0. The molecule has 0 radical (unpaired) electrons. The Balaban J connectivity index is 2.03. The van der Waals surface area contributed by atoms with E-state index < -0.39 is 0 Å². The number of carbonyl (C=O) groups is 1. The third-order valence-electron chi connectivity index (χ3n) is 2.55. The van der Waals surface area contributed by atoms with Gasteiger partial charge in [0.1, 0.15) is 0 Å². The van der Waals surface area contributed by atoms with Gasteiger partial charge in [-0.2, -0.15) is 0 Å². The number of esters is 1. The molecule has 0 atom stereocenters. The minimum atomic E-state index is -0.342. The van der Waals surface area contributed by atoms with Gasteiger partial charge in [-0.15, -0.1) is 0 Å². The molecule has 1 N–H and O–H groups in total. The van der Waals surface area contributed by atoms with Crippen molar-refractivity contribution in [2.75, 3.05) is 12.4 Å². The van der Waals surface area contributed by atoms with Crippen molar-refractivity contribution >= 4 is 27.6 Å². The number of ether oxygens (including phenoxy) is 1. The molecule has 0 amide bonds. The van der Waals surface area contributed by atoms with Gasteiger partial charge < -0.3 is 10.1 Å². The number of pyridine rings is 1. The van der Waals surface area contributed by atoms with Crippen molar-refractivity contribution in [2.24, 2.45) is 0 Å². The van der Waals surface area contributed by atoms with Crippen LogP contribution in [0.3, 0.4) is 0 Å². The van der Waals surface area contributed by atoms with E-state index in [1.54, 1.807) is 18.3 Å². The molecule has 0 aliphatic rings. The summed E-state index contributed by atoms with van der Waals surface area (Å²) in [6, 6.07) is 11.0. The fourth-order valence-corrected chi connectivity index (χ4v) is 1.81. The predicted molar refractivity (Wildman–Crippen MR) is 77.0 cm³/mol. The number of halogens is 1. The second-order valence-corrected chi connectivity index (χ2v) is 4.81. The minimum Gasteiger partial charge on any atom is -0.465 e. The number of rotatable bonds is 4. The second-order valence-electron chi connectivity index (χ2n) is 3.89. The van der Waals surface area contributed by atoms with Crippen molar-refractivity contribution in [1.29, 1.82) is 0 Å². The Morgan fingerprint density at radius 2 is 2.21 bits per heavy atom. The molecular formula is C14H13BrN2O2. The molecule has 2 aromatic rings. The van der Waals surface area contributed by atoms with Gasteiger partial charge in [0.2, 0.25) is 0 Å². The first-order valence-corrected chi connectivity index (χ1v) is 6.51. The average Bonchev–Trinajstić information content (AvgIpc) is 2.46. The molecule has 0 aliphatic heterocycles.